The van der Waals surface area contributed by atoms with Crippen LogP contribution >= 0.6 is 0 Å². The molecular formula is C17H17N5O2. The Kier molecular flexibility index (Phi) is 3.48. The fraction of sp³-hybridized carbons (Fsp3) is 0.353. The predicted octanol–water partition coefficient (Wildman–Crippen LogP) is 2.61. The lowest BCUT2D eigenvalue weighted by Gasteiger charge is -2.24. The number of rotatable bonds is 2. The summed E-state index contributed by atoms with van der Waals surface area (Å²) in [4.78, 5) is 28.0. The topological polar surface area (TPSA) is 85.0 Å². The number of aryl methyl sites for hydroxylation is 2. The normalized spacial score (nSPS) is 17.6. The van der Waals surface area contributed by atoms with Gasteiger partial charge in [-0.25, -0.2) is 15.0 Å². The summed E-state index contributed by atoms with van der Waals surface area (Å²) in [6.07, 6.45) is 5.22. The first kappa shape index (κ1) is 14.7. The van der Waals surface area contributed by atoms with E-state index in [2.05, 4.69) is 20.1 Å². The Morgan fingerprint density at radius 3 is 2.88 bits per heavy atom. The number of aromatic nitrogens is 4. The molecule has 3 aromatic rings. The molecule has 3 aromatic heterocycles. The third-order valence-corrected chi connectivity index (χ3v) is 4.37. The van der Waals surface area contributed by atoms with Gasteiger partial charge in [-0.05, 0) is 38.8 Å². The van der Waals surface area contributed by atoms with E-state index in [9.17, 15) is 4.79 Å². The van der Waals surface area contributed by atoms with Crippen molar-refractivity contribution in [2.75, 3.05) is 6.54 Å². The molecule has 1 unspecified atom stereocenters. The molecule has 0 saturated carbocycles. The van der Waals surface area contributed by atoms with Crippen LogP contribution < -0.4 is 0 Å². The quantitative estimate of drug-likeness (QED) is 0.720. The third-order valence-electron chi connectivity index (χ3n) is 4.37. The van der Waals surface area contributed by atoms with Crippen molar-refractivity contribution in [3.8, 4) is 0 Å². The molecule has 0 aliphatic carbocycles. The van der Waals surface area contributed by atoms with Crippen LogP contribution in [0.5, 0.6) is 0 Å². The highest BCUT2D eigenvalue weighted by molar-refractivity contribution is 6.06. The number of carbonyl (C=O) groups is 1. The average molecular weight is 323 g/mol. The summed E-state index contributed by atoms with van der Waals surface area (Å²) >= 11 is 0. The molecule has 1 atom stereocenters. The highest BCUT2D eigenvalue weighted by Crippen LogP contribution is 2.33. The Labute approximate surface area is 138 Å². The third kappa shape index (κ3) is 2.33. The molecule has 1 saturated heterocycles. The molecule has 0 bridgehead atoms. The maximum atomic E-state index is 13.2. The first-order chi connectivity index (χ1) is 11.6. The zero-order valence-corrected chi connectivity index (χ0v) is 13.6. The summed E-state index contributed by atoms with van der Waals surface area (Å²) in [7, 11) is 0. The average Bonchev–Trinajstić information content (AvgIpc) is 3.22. The van der Waals surface area contributed by atoms with Crippen LogP contribution in [-0.2, 0) is 0 Å². The van der Waals surface area contributed by atoms with Crippen molar-refractivity contribution in [3.05, 3.63) is 47.3 Å². The number of carbonyl (C=O) groups excluding carboxylic acids is 1. The van der Waals surface area contributed by atoms with Crippen molar-refractivity contribution in [2.45, 2.75) is 32.7 Å². The molecule has 1 aliphatic heterocycles. The van der Waals surface area contributed by atoms with Crippen LogP contribution in [0.15, 0.2) is 29.0 Å². The fourth-order valence-corrected chi connectivity index (χ4v) is 3.30. The Balaban J connectivity index is 1.77. The van der Waals surface area contributed by atoms with Crippen molar-refractivity contribution in [3.63, 3.8) is 0 Å². The minimum atomic E-state index is -0.0950. The maximum Gasteiger partial charge on any atom is 0.258 e. The van der Waals surface area contributed by atoms with Crippen molar-refractivity contribution < 1.29 is 9.32 Å². The van der Waals surface area contributed by atoms with Crippen LogP contribution in [0, 0.1) is 13.8 Å². The van der Waals surface area contributed by atoms with Crippen LogP contribution in [-0.4, -0.2) is 37.5 Å². The number of amides is 1. The Bertz CT molecular complexity index is 906. The van der Waals surface area contributed by atoms with Gasteiger partial charge < -0.3 is 9.42 Å². The maximum absolute atomic E-state index is 13.2. The van der Waals surface area contributed by atoms with E-state index in [1.165, 1.54) is 0 Å². The van der Waals surface area contributed by atoms with Gasteiger partial charge in [-0.1, -0.05) is 5.16 Å². The van der Waals surface area contributed by atoms with Gasteiger partial charge in [-0.3, -0.25) is 4.79 Å². The van der Waals surface area contributed by atoms with Crippen LogP contribution in [0.4, 0.5) is 0 Å². The van der Waals surface area contributed by atoms with E-state index in [4.69, 9.17) is 4.52 Å². The highest BCUT2D eigenvalue weighted by Gasteiger charge is 2.33. The first-order valence-corrected chi connectivity index (χ1v) is 7.96. The molecule has 0 spiro atoms. The van der Waals surface area contributed by atoms with Gasteiger partial charge in [-0.15, -0.1) is 0 Å². The summed E-state index contributed by atoms with van der Waals surface area (Å²) < 4.78 is 5.24. The molecule has 7 heteroatoms. The molecule has 4 rings (SSSR count). The number of likely N-dealkylation sites (tertiary alicyclic amines) is 1. The molecule has 1 fully saturated rings. The molecule has 0 aromatic carbocycles. The molecule has 0 N–H and O–H groups in total. The van der Waals surface area contributed by atoms with Crippen LogP contribution in [0.2, 0.25) is 0 Å². The van der Waals surface area contributed by atoms with Crippen molar-refractivity contribution in [1.29, 1.82) is 0 Å². The molecule has 4 heterocycles. The van der Waals surface area contributed by atoms with E-state index in [0.29, 0.717) is 34.7 Å². The number of pyridine rings is 1. The lowest BCUT2D eigenvalue weighted by atomic mass is 10.1. The lowest BCUT2D eigenvalue weighted by molar-refractivity contribution is 0.0731. The van der Waals surface area contributed by atoms with Crippen LogP contribution in [0.25, 0.3) is 11.1 Å². The van der Waals surface area contributed by atoms with Gasteiger partial charge in [0.15, 0.2) is 5.82 Å². The van der Waals surface area contributed by atoms with E-state index in [-0.39, 0.29) is 11.9 Å². The summed E-state index contributed by atoms with van der Waals surface area (Å²) in [5.41, 5.74) is 2.39. The van der Waals surface area contributed by atoms with Gasteiger partial charge in [-0.2, -0.15) is 0 Å². The van der Waals surface area contributed by atoms with E-state index in [1.54, 1.807) is 24.5 Å². The smallest absolute Gasteiger partial charge is 0.258 e. The summed E-state index contributed by atoms with van der Waals surface area (Å²) in [6.45, 7) is 4.35. The summed E-state index contributed by atoms with van der Waals surface area (Å²) in [6, 6.07) is 3.49. The Morgan fingerprint density at radius 2 is 2.08 bits per heavy atom. The Morgan fingerprint density at radius 1 is 1.29 bits per heavy atom. The molecule has 1 aliphatic rings. The first-order valence-electron chi connectivity index (χ1n) is 7.96. The number of fused-ring (bicyclic) bond motifs is 1. The number of hydrogen-bond acceptors (Lipinski definition) is 6. The monoisotopic (exact) mass is 323 g/mol. The predicted molar refractivity (Wildman–Crippen MR) is 86.3 cm³/mol. The van der Waals surface area contributed by atoms with Crippen LogP contribution in [0.1, 0.15) is 46.5 Å². The molecule has 0 radical (unpaired) electrons. The molecule has 122 valence electrons. The van der Waals surface area contributed by atoms with E-state index < -0.39 is 0 Å². The van der Waals surface area contributed by atoms with Gasteiger partial charge in [0.1, 0.15) is 0 Å². The van der Waals surface area contributed by atoms with Crippen molar-refractivity contribution >= 4 is 17.0 Å². The lowest BCUT2D eigenvalue weighted by Crippen LogP contribution is -2.31. The van der Waals surface area contributed by atoms with Gasteiger partial charge in [0.2, 0.25) is 0 Å². The van der Waals surface area contributed by atoms with E-state index in [1.807, 2.05) is 18.7 Å². The number of nitrogens with zero attached hydrogens (tertiary/aromatic N) is 5. The molecule has 7 nitrogen and oxygen atoms in total. The van der Waals surface area contributed by atoms with Gasteiger partial charge in [0.25, 0.3) is 11.6 Å². The zero-order chi connectivity index (χ0) is 16.7. The minimum Gasteiger partial charge on any atom is -0.336 e. The second kappa shape index (κ2) is 5.67. The standard InChI is InChI=1S/C17H17N5O2/c1-10-9-12(14-11(2)21-24-16(14)20-10)17(23)22-8-3-5-13(22)15-18-6-4-7-19-15/h4,6-7,9,13H,3,5,8H2,1-2H3. The van der Waals surface area contributed by atoms with Gasteiger partial charge >= 0.3 is 0 Å². The van der Waals surface area contributed by atoms with Crippen LogP contribution in [0.3, 0.4) is 0 Å². The summed E-state index contributed by atoms with van der Waals surface area (Å²) in [5, 5.41) is 4.64. The van der Waals surface area contributed by atoms with Gasteiger partial charge in [0.05, 0.1) is 22.7 Å². The fourth-order valence-electron chi connectivity index (χ4n) is 3.30. The second-order valence-corrected chi connectivity index (χ2v) is 6.02. The molecule has 1 amide bonds. The summed E-state index contributed by atoms with van der Waals surface area (Å²) in [5.74, 6) is 0.638. The SMILES string of the molecule is Cc1cc(C(=O)N2CCCC2c2ncccn2)c2c(C)noc2n1. The van der Waals surface area contributed by atoms with E-state index in [0.717, 1.165) is 18.5 Å². The van der Waals surface area contributed by atoms with E-state index >= 15 is 0 Å². The number of hydrogen-bond donors (Lipinski definition) is 0. The minimum absolute atomic E-state index is 0.0493. The zero-order valence-electron chi connectivity index (χ0n) is 13.6. The highest BCUT2D eigenvalue weighted by atomic mass is 16.5. The largest absolute Gasteiger partial charge is 0.336 e. The van der Waals surface area contributed by atoms with Gasteiger partial charge in [0, 0.05) is 24.6 Å². The van der Waals surface area contributed by atoms with Crippen molar-refractivity contribution in [1.82, 2.24) is 25.0 Å². The second-order valence-electron chi connectivity index (χ2n) is 6.02. The molecular weight excluding hydrogens is 306 g/mol. The Hall–Kier alpha value is -2.83. The van der Waals surface area contributed by atoms with Crippen molar-refractivity contribution in [2.24, 2.45) is 0 Å². The molecule has 24 heavy (non-hydrogen) atoms.